The van der Waals surface area contributed by atoms with Crippen molar-refractivity contribution in [1.82, 2.24) is 19.3 Å². The molecule has 302 valence electrons. The molecule has 0 unspecified atom stereocenters. The summed E-state index contributed by atoms with van der Waals surface area (Å²) in [5.41, 5.74) is 14.9. The molecule has 0 aliphatic rings. The molecule has 0 amide bonds. The summed E-state index contributed by atoms with van der Waals surface area (Å²) < 4.78 is 10.9. The summed E-state index contributed by atoms with van der Waals surface area (Å²) in [4.78, 5) is 4.77. The number of nitrogens with zero attached hydrogens (tertiary/aromatic N) is 4. The Balaban J connectivity index is 1.32. The van der Waals surface area contributed by atoms with E-state index in [4.69, 9.17) is 14.8 Å². The Hall–Kier alpha value is -5.16. The molecule has 0 spiro atoms. The molecule has 58 heavy (non-hydrogen) atoms. The van der Waals surface area contributed by atoms with Gasteiger partial charge in [-0.3, -0.25) is 4.57 Å². The van der Waals surface area contributed by atoms with Crippen LogP contribution in [0.3, 0.4) is 0 Å². The molecular weight excluding hydrogens is 709 g/mol. The van der Waals surface area contributed by atoms with Crippen molar-refractivity contribution in [2.45, 2.75) is 108 Å². The number of hydrogen-bond acceptors (Lipinski definition) is 3. The Morgan fingerprint density at radius 3 is 1.74 bits per heavy atom. The smallest absolute Gasteiger partial charge is 0.137 e. The van der Waals surface area contributed by atoms with Crippen LogP contribution in [0.5, 0.6) is 11.5 Å². The van der Waals surface area contributed by atoms with Crippen molar-refractivity contribution < 1.29 is 4.74 Å². The summed E-state index contributed by atoms with van der Waals surface area (Å²) in [6.45, 7) is 25.9. The molecule has 7 aromatic rings. The number of aryl methyl sites for hydroxylation is 1. The molecule has 7 rings (SSSR count). The highest BCUT2D eigenvalue weighted by Crippen LogP contribution is 2.42. The molecule has 5 nitrogen and oxygen atoms in total. The fraction of sp³-hybridized carbons (Fsp3) is 0.396. The van der Waals surface area contributed by atoms with Gasteiger partial charge in [-0.1, -0.05) is 93.5 Å². The highest BCUT2D eigenvalue weighted by atomic mass is 16.5. The van der Waals surface area contributed by atoms with E-state index in [-0.39, 0.29) is 0 Å². The zero-order chi connectivity index (χ0) is 41.2. The van der Waals surface area contributed by atoms with Crippen molar-refractivity contribution in [1.29, 1.82) is 0 Å². The SMILES string of the molecule is Cc1ccnc(-n2c3ccccc3c3ccc(Oc4cccc(-n5cc(-c6c(CC(C)C)c(CC(C)C)c(CC(C)C)c(CC(C)C)c6CC(C)C)cn5)c4)cc32)c1. The van der Waals surface area contributed by atoms with E-state index in [0.29, 0.717) is 29.6 Å². The van der Waals surface area contributed by atoms with Crippen molar-refractivity contribution in [2.24, 2.45) is 29.6 Å². The first-order chi connectivity index (χ1) is 27.8. The monoisotopic (exact) mass is 773 g/mol. The van der Waals surface area contributed by atoms with Crippen LogP contribution in [-0.2, 0) is 32.1 Å². The molecule has 0 atom stereocenters. The second-order valence-electron chi connectivity index (χ2n) is 18.8. The normalized spacial score (nSPS) is 12.1. The molecule has 0 bridgehead atoms. The molecule has 0 saturated heterocycles. The average molecular weight is 773 g/mol. The van der Waals surface area contributed by atoms with E-state index in [1.807, 2.05) is 23.0 Å². The minimum Gasteiger partial charge on any atom is -0.457 e. The van der Waals surface area contributed by atoms with Crippen LogP contribution in [0.4, 0.5) is 0 Å². The van der Waals surface area contributed by atoms with Gasteiger partial charge in [-0.2, -0.15) is 5.10 Å². The zero-order valence-electron chi connectivity index (χ0n) is 36.9. The van der Waals surface area contributed by atoms with Gasteiger partial charge in [0.1, 0.15) is 17.3 Å². The summed E-state index contributed by atoms with van der Waals surface area (Å²) in [5, 5.41) is 7.44. The summed E-state index contributed by atoms with van der Waals surface area (Å²) in [5.74, 6) is 5.25. The predicted octanol–water partition coefficient (Wildman–Crippen LogP) is 14.1. The first-order valence-corrected chi connectivity index (χ1v) is 21.7. The van der Waals surface area contributed by atoms with E-state index in [9.17, 15) is 0 Å². The third-order valence-corrected chi connectivity index (χ3v) is 11.1. The Morgan fingerprint density at radius 1 is 0.552 bits per heavy atom. The number of pyridine rings is 1. The van der Waals surface area contributed by atoms with E-state index >= 15 is 0 Å². The van der Waals surface area contributed by atoms with Gasteiger partial charge in [-0.05, 0) is 150 Å². The van der Waals surface area contributed by atoms with Gasteiger partial charge in [0.05, 0.1) is 22.9 Å². The van der Waals surface area contributed by atoms with Crippen molar-refractivity contribution >= 4 is 21.8 Å². The van der Waals surface area contributed by atoms with E-state index in [1.165, 1.54) is 27.5 Å². The number of fused-ring (bicyclic) bond motifs is 3. The van der Waals surface area contributed by atoms with Gasteiger partial charge >= 0.3 is 0 Å². The van der Waals surface area contributed by atoms with Crippen molar-refractivity contribution in [3.05, 3.63) is 131 Å². The molecule has 0 N–H and O–H groups in total. The number of rotatable bonds is 15. The summed E-state index contributed by atoms with van der Waals surface area (Å²) in [7, 11) is 0. The van der Waals surface area contributed by atoms with Crippen LogP contribution < -0.4 is 4.74 Å². The Kier molecular flexibility index (Phi) is 12.3. The van der Waals surface area contributed by atoms with Crippen LogP contribution in [0.15, 0.2) is 97.5 Å². The van der Waals surface area contributed by atoms with Gasteiger partial charge in [-0.25, -0.2) is 9.67 Å². The topological polar surface area (TPSA) is 44.9 Å². The maximum Gasteiger partial charge on any atom is 0.137 e. The maximum absolute atomic E-state index is 6.65. The second-order valence-corrected chi connectivity index (χ2v) is 18.8. The predicted molar refractivity (Wildman–Crippen MR) is 245 cm³/mol. The lowest BCUT2D eigenvalue weighted by molar-refractivity contribution is 0.483. The molecule has 3 aromatic heterocycles. The third kappa shape index (κ3) is 8.79. The number of benzene rings is 4. The first-order valence-electron chi connectivity index (χ1n) is 21.7. The molecule has 0 aliphatic heterocycles. The molecular formula is C53H64N4O. The van der Waals surface area contributed by atoms with Crippen LogP contribution in [0, 0.1) is 36.5 Å². The summed E-state index contributed by atoms with van der Waals surface area (Å²) >= 11 is 0. The lowest BCUT2D eigenvalue weighted by Gasteiger charge is -2.30. The fourth-order valence-electron chi connectivity index (χ4n) is 8.93. The Labute approximate surface area is 347 Å². The lowest BCUT2D eigenvalue weighted by atomic mass is 9.74. The van der Waals surface area contributed by atoms with E-state index in [0.717, 1.165) is 66.1 Å². The molecule has 3 heterocycles. The second kappa shape index (κ2) is 17.4. The van der Waals surface area contributed by atoms with Gasteiger partial charge < -0.3 is 4.74 Å². The third-order valence-electron chi connectivity index (χ3n) is 11.1. The zero-order valence-corrected chi connectivity index (χ0v) is 36.9. The lowest BCUT2D eigenvalue weighted by Crippen LogP contribution is -2.18. The molecule has 0 radical (unpaired) electrons. The largest absolute Gasteiger partial charge is 0.457 e. The molecule has 0 saturated carbocycles. The summed E-state index contributed by atoms with van der Waals surface area (Å²) in [6.07, 6.45) is 11.7. The molecule has 0 aliphatic carbocycles. The van der Waals surface area contributed by atoms with Crippen LogP contribution in [-0.4, -0.2) is 19.3 Å². The van der Waals surface area contributed by atoms with Crippen LogP contribution in [0.2, 0.25) is 0 Å². The average Bonchev–Trinajstić information content (AvgIpc) is 3.77. The van der Waals surface area contributed by atoms with Crippen LogP contribution in [0.25, 0.3) is 44.4 Å². The van der Waals surface area contributed by atoms with Crippen molar-refractivity contribution in [2.75, 3.05) is 0 Å². The number of aromatic nitrogens is 4. The van der Waals surface area contributed by atoms with Crippen molar-refractivity contribution in [3.63, 3.8) is 0 Å². The fourth-order valence-corrected chi connectivity index (χ4v) is 8.93. The highest BCUT2D eigenvalue weighted by molar-refractivity contribution is 6.09. The first kappa shape index (κ1) is 41.0. The Morgan fingerprint density at radius 2 is 1.12 bits per heavy atom. The number of para-hydroxylation sites is 1. The van der Waals surface area contributed by atoms with Gasteiger partial charge in [0.2, 0.25) is 0 Å². The quantitative estimate of drug-likeness (QED) is 0.104. The molecule has 4 aromatic carbocycles. The summed E-state index contributed by atoms with van der Waals surface area (Å²) in [6, 6.07) is 27.4. The van der Waals surface area contributed by atoms with E-state index < -0.39 is 0 Å². The van der Waals surface area contributed by atoms with Gasteiger partial charge in [-0.15, -0.1) is 0 Å². The van der Waals surface area contributed by atoms with Crippen LogP contribution >= 0.6 is 0 Å². The molecule has 5 heteroatoms. The van der Waals surface area contributed by atoms with Gasteiger partial charge in [0, 0.05) is 40.9 Å². The minimum atomic E-state index is 0.539. The van der Waals surface area contributed by atoms with Crippen LogP contribution in [0.1, 0.15) is 103 Å². The van der Waals surface area contributed by atoms with Gasteiger partial charge in [0.25, 0.3) is 0 Å². The minimum absolute atomic E-state index is 0.539. The standard InChI is InChI=1S/C53H64N4O/c1-33(2)23-45-46(24-34(3)4)48(26-36(7)8)53(49(27-37(9)10)47(45)25-35(5)6)39-31-55-56(32-39)40-15-14-16-41(29-40)58-42-19-20-44-43-17-12-13-18-50(43)57(51(44)30-42)52-28-38(11)21-22-54-52/h12-22,28-37H,23-27H2,1-11H3. The maximum atomic E-state index is 6.65. The van der Waals surface area contributed by atoms with Crippen molar-refractivity contribution in [3.8, 4) is 34.1 Å². The van der Waals surface area contributed by atoms with E-state index in [1.54, 1.807) is 27.8 Å². The highest BCUT2D eigenvalue weighted by Gasteiger charge is 2.27. The van der Waals surface area contributed by atoms with E-state index in [2.05, 4.69) is 160 Å². The Bertz CT molecular complexity index is 2480. The number of ether oxygens (including phenoxy) is 1. The van der Waals surface area contributed by atoms with Gasteiger partial charge in [0.15, 0.2) is 0 Å². The number of hydrogen-bond donors (Lipinski definition) is 0. The molecule has 0 fully saturated rings.